The number of hydrogen-bond acceptors (Lipinski definition) is 4. The van der Waals surface area contributed by atoms with Gasteiger partial charge in [-0.05, 0) is 101 Å². The smallest absolute Gasteiger partial charge is 0.335 e. The van der Waals surface area contributed by atoms with Gasteiger partial charge in [0.2, 0.25) is 0 Å². The number of aromatic nitrogens is 4. The Morgan fingerprint density at radius 1 is 1.04 bits per heavy atom. The summed E-state index contributed by atoms with van der Waals surface area (Å²) in [7, 11) is 1.94. The van der Waals surface area contributed by atoms with Crippen LogP contribution in [0.3, 0.4) is 0 Å². The van der Waals surface area contributed by atoms with E-state index in [1.54, 1.807) is 17.0 Å². The molecule has 0 aliphatic carbocycles. The highest BCUT2D eigenvalue weighted by Crippen LogP contribution is 2.46. The van der Waals surface area contributed by atoms with E-state index in [1.807, 2.05) is 81.4 Å². The maximum absolute atomic E-state index is 15.2. The molecule has 9 nitrogen and oxygen atoms in total. The van der Waals surface area contributed by atoms with Crippen molar-refractivity contribution in [3.8, 4) is 16.9 Å². The van der Waals surface area contributed by atoms with E-state index in [0.29, 0.717) is 37.4 Å². The van der Waals surface area contributed by atoms with Crippen molar-refractivity contribution in [1.82, 2.24) is 18.9 Å². The molecule has 11 heteroatoms. The number of anilines is 1. The Morgan fingerprint density at radius 2 is 1.76 bits per heavy atom. The number of carboxylic acid groups (broad SMARTS) is 1. The van der Waals surface area contributed by atoms with Gasteiger partial charge in [0, 0.05) is 52.4 Å². The number of para-hydroxylation sites is 1. The van der Waals surface area contributed by atoms with Crippen molar-refractivity contribution >= 4 is 62.6 Å². The van der Waals surface area contributed by atoms with Gasteiger partial charge in [0.25, 0.3) is 5.91 Å². The number of aromatic carboxylic acids is 1. The first-order chi connectivity index (χ1) is 24.3. The summed E-state index contributed by atoms with van der Waals surface area (Å²) >= 11 is 13.8. The predicted octanol–water partition coefficient (Wildman–Crippen LogP) is 9.40. The van der Waals surface area contributed by atoms with E-state index in [0.717, 1.165) is 71.8 Å². The summed E-state index contributed by atoms with van der Waals surface area (Å²) in [5.74, 6) is -0.591. The first-order valence-electron chi connectivity index (χ1n) is 17.2. The van der Waals surface area contributed by atoms with Gasteiger partial charge in [-0.25, -0.2) is 4.79 Å². The summed E-state index contributed by atoms with van der Waals surface area (Å²) in [4.78, 5) is 29.1. The van der Waals surface area contributed by atoms with Crippen LogP contribution in [0.1, 0.15) is 75.2 Å². The fourth-order valence-corrected chi connectivity index (χ4v) is 8.24. The first-order valence-corrected chi connectivity index (χ1v) is 18.0. The van der Waals surface area contributed by atoms with Gasteiger partial charge < -0.3 is 19.0 Å². The van der Waals surface area contributed by atoms with Crippen LogP contribution in [0.15, 0.2) is 54.7 Å². The molecule has 0 fully saturated rings. The van der Waals surface area contributed by atoms with Gasteiger partial charge in [0.1, 0.15) is 16.9 Å². The minimum atomic E-state index is -1.07. The Morgan fingerprint density at radius 3 is 2.41 bits per heavy atom. The lowest BCUT2D eigenvalue weighted by Gasteiger charge is -2.39. The Labute approximate surface area is 306 Å². The molecular weight excluding hydrogens is 685 g/mol. The van der Waals surface area contributed by atoms with Gasteiger partial charge in [0.15, 0.2) is 0 Å². The lowest BCUT2D eigenvalue weighted by Crippen LogP contribution is -2.48. The van der Waals surface area contributed by atoms with Crippen LogP contribution < -0.4 is 9.64 Å². The lowest BCUT2D eigenvalue weighted by molar-refractivity contribution is 0.0696. The number of rotatable bonds is 9. The van der Waals surface area contributed by atoms with E-state index in [1.165, 1.54) is 0 Å². The minimum Gasteiger partial charge on any atom is -0.494 e. The highest BCUT2D eigenvalue weighted by Gasteiger charge is 2.42. The van der Waals surface area contributed by atoms with E-state index in [9.17, 15) is 9.90 Å². The van der Waals surface area contributed by atoms with Crippen LogP contribution in [0, 0.1) is 27.7 Å². The second-order valence-electron chi connectivity index (χ2n) is 13.5. The standard InChI is InChI=1S/C40H41Cl2N5O4/c1-8-45-15-14-26-19-27(40(49)50)20-32(35(26)45)47-38(42)25(6)46-36-29(11-9-12-31(36)33-23(4)43-44(7)24(33)5)30(37(46)39(47)48)13-10-16-51-28-17-21(2)34(41)22(3)18-28/h9,11-12,14-15,17-20,25,38H,8,10,13,16H2,1-7H3,(H,49,50). The van der Waals surface area contributed by atoms with Gasteiger partial charge in [0.05, 0.1) is 40.6 Å². The fourth-order valence-electron chi connectivity index (χ4n) is 7.82. The van der Waals surface area contributed by atoms with Crippen LogP contribution in [-0.2, 0) is 20.0 Å². The number of hydrogen-bond donors (Lipinski definition) is 1. The maximum Gasteiger partial charge on any atom is 0.335 e. The predicted molar refractivity (Wildman–Crippen MR) is 204 cm³/mol. The number of nitrogens with zero attached hydrogens (tertiary/aromatic N) is 5. The lowest BCUT2D eigenvalue weighted by atomic mass is 9.98. The molecule has 2 unspecified atom stereocenters. The van der Waals surface area contributed by atoms with E-state index in [2.05, 4.69) is 23.6 Å². The summed E-state index contributed by atoms with van der Waals surface area (Å²) in [5.41, 5.74) is 8.74. The van der Waals surface area contributed by atoms with Crippen molar-refractivity contribution < 1.29 is 19.4 Å². The number of carboxylic acids is 1. The Bertz CT molecular complexity index is 2360. The number of aryl methyl sites for hydroxylation is 6. The number of carbonyl (C=O) groups excluding carboxylic acids is 1. The summed E-state index contributed by atoms with van der Waals surface area (Å²) in [5, 5.41) is 17.2. The molecule has 3 aromatic carbocycles. The molecule has 0 saturated carbocycles. The van der Waals surface area contributed by atoms with Crippen LogP contribution in [0.2, 0.25) is 5.02 Å². The topological polar surface area (TPSA) is 94.5 Å². The zero-order valence-corrected chi connectivity index (χ0v) is 31.4. The van der Waals surface area contributed by atoms with Crippen LogP contribution >= 0.6 is 23.2 Å². The Hall–Kier alpha value is -4.73. The molecule has 0 bridgehead atoms. The fraction of sp³-hybridized carbons (Fsp3) is 0.325. The number of ether oxygens (including phenoxy) is 1. The number of benzene rings is 3. The van der Waals surface area contributed by atoms with Crippen LogP contribution in [0.5, 0.6) is 5.75 Å². The van der Waals surface area contributed by atoms with Gasteiger partial charge >= 0.3 is 5.97 Å². The Balaban J connectivity index is 1.40. The van der Waals surface area contributed by atoms with Gasteiger partial charge in [-0.1, -0.05) is 41.4 Å². The highest BCUT2D eigenvalue weighted by atomic mass is 35.5. The van der Waals surface area contributed by atoms with Crippen LogP contribution in [0.4, 0.5) is 5.69 Å². The first kappa shape index (κ1) is 34.7. The van der Waals surface area contributed by atoms with Crippen LogP contribution in [0.25, 0.3) is 32.9 Å². The molecule has 1 aliphatic heterocycles. The third kappa shape index (κ3) is 5.58. The van der Waals surface area contributed by atoms with E-state index >= 15 is 4.79 Å². The molecule has 0 spiro atoms. The average molecular weight is 727 g/mol. The SMILES string of the molecule is CCn1ccc2cc(C(=O)O)cc(N3C(=O)c4c(CCCOc5cc(C)c(Cl)c(C)c5)c5cccc(-c6c(C)nn(C)c6C)c5n4C(C)C3Cl)c21. The number of halogens is 2. The highest BCUT2D eigenvalue weighted by molar-refractivity contribution is 6.32. The number of amides is 1. The average Bonchev–Trinajstić information content (AvgIpc) is 3.75. The summed E-state index contributed by atoms with van der Waals surface area (Å²) in [6.07, 6.45) is 3.12. The van der Waals surface area contributed by atoms with Crippen molar-refractivity contribution in [2.45, 2.75) is 72.5 Å². The summed E-state index contributed by atoms with van der Waals surface area (Å²) in [6, 6.07) is 14.8. The zero-order chi connectivity index (χ0) is 36.5. The molecule has 7 rings (SSSR count). The molecule has 264 valence electrons. The molecule has 1 amide bonds. The second-order valence-corrected chi connectivity index (χ2v) is 14.3. The molecule has 3 aromatic heterocycles. The largest absolute Gasteiger partial charge is 0.494 e. The third-order valence-electron chi connectivity index (χ3n) is 10.3. The molecular formula is C40H41Cl2N5O4. The van der Waals surface area contributed by atoms with E-state index in [-0.39, 0.29) is 17.5 Å². The number of carbonyl (C=O) groups is 2. The van der Waals surface area contributed by atoms with Crippen molar-refractivity contribution in [3.63, 3.8) is 0 Å². The van der Waals surface area contributed by atoms with Gasteiger partial charge in [-0.2, -0.15) is 5.10 Å². The quantitative estimate of drug-likeness (QED) is 0.0911. The molecule has 6 aromatic rings. The van der Waals surface area contributed by atoms with Crippen molar-refractivity contribution in [2.75, 3.05) is 11.5 Å². The van der Waals surface area contributed by atoms with Gasteiger partial charge in [-0.3, -0.25) is 14.4 Å². The normalized spacial score (nSPS) is 16.0. The van der Waals surface area contributed by atoms with Gasteiger partial charge in [-0.15, -0.1) is 0 Å². The monoisotopic (exact) mass is 725 g/mol. The zero-order valence-electron chi connectivity index (χ0n) is 29.8. The molecule has 1 aliphatic rings. The second kappa shape index (κ2) is 13.1. The van der Waals surface area contributed by atoms with Crippen molar-refractivity contribution in [3.05, 3.63) is 99.1 Å². The minimum absolute atomic E-state index is 0.0941. The summed E-state index contributed by atoms with van der Waals surface area (Å²) < 4.78 is 12.2. The molecule has 2 atom stereocenters. The Kier molecular flexibility index (Phi) is 8.92. The molecule has 51 heavy (non-hydrogen) atoms. The van der Waals surface area contributed by atoms with Crippen LogP contribution in [-0.4, -0.2) is 48.0 Å². The molecule has 4 heterocycles. The van der Waals surface area contributed by atoms with E-state index < -0.39 is 11.5 Å². The van der Waals surface area contributed by atoms with Crippen molar-refractivity contribution in [2.24, 2.45) is 7.05 Å². The third-order valence-corrected chi connectivity index (χ3v) is 11.5. The van der Waals surface area contributed by atoms with Crippen molar-refractivity contribution in [1.29, 1.82) is 0 Å². The number of fused-ring (bicyclic) bond motifs is 4. The molecule has 1 N–H and O–H groups in total. The number of alkyl halides is 1. The maximum atomic E-state index is 15.2. The van der Waals surface area contributed by atoms with E-state index in [4.69, 9.17) is 33.0 Å². The summed E-state index contributed by atoms with van der Waals surface area (Å²) in [6.45, 7) is 13.1. The molecule has 0 radical (unpaired) electrons. The molecule has 0 saturated heterocycles.